The van der Waals surface area contributed by atoms with Gasteiger partial charge in [0.25, 0.3) is 5.91 Å². The van der Waals surface area contributed by atoms with E-state index in [0.29, 0.717) is 28.6 Å². The second kappa shape index (κ2) is 7.18. The van der Waals surface area contributed by atoms with Gasteiger partial charge in [0.15, 0.2) is 6.10 Å². The fourth-order valence-electron chi connectivity index (χ4n) is 2.02. The summed E-state index contributed by atoms with van der Waals surface area (Å²) in [6.45, 7) is 3.88. The van der Waals surface area contributed by atoms with Crippen LogP contribution < -0.4 is 15.8 Å². The highest BCUT2D eigenvalue weighted by atomic mass is 35.5. The normalized spacial score (nSPS) is 11.8. The summed E-state index contributed by atoms with van der Waals surface area (Å²) < 4.78 is 5.76. The first-order valence-corrected chi connectivity index (χ1v) is 7.46. The summed E-state index contributed by atoms with van der Waals surface area (Å²) in [6, 6.07) is 12.6. The van der Waals surface area contributed by atoms with Crippen LogP contribution in [-0.2, 0) is 4.79 Å². The topological polar surface area (TPSA) is 64.3 Å². The molecule has 2 aromatic carbocycles. The molecule has 22 heavy (non-hydrogen) atoms. The number of benzene rings is 2. The first kappa shape index (κ1) is 16.2. The van der Waals surface area contributed by atoms with Gasteiger partial charge in [-0.3, -0.25) is 4.79 Å². The Morgan fingerprint density at radius 2 is 2.09 bits per heavy atom. The third-order valence-corrected chi connectivity index (χ3v) is 3.54. The zero-order valence-electron chi connectivity index (χ0n) is 12.6. The minimum atomic E-state index is -0.571. The van der Waals surface area contributed by atoms with E-state index in [1.165, 1.54) is 0 Å². The standard InChI is InChI=1S/C17H19ClN2O2/c1-3-16(22-13-6-4-5-11(2)9-13)17(21)20-12-7-8-14(18)15(19)10-12/h4-10,16H,3,19H2,1-2H3,(H,20,21)/t16-/m1/s1. The first-order chi connectivity index (χ1) is 10.5. The fraction of sp³-hybridized carbons (Fsp3) is 0.235. The Labute approximate surface area is 135 Å². The molecule has 0 aliphatic rings. The van der Waals surface area contributed by atoms with Gasteiger partial charge in [-0.1, -0.05) is 30.7 Å². The van der Waals surface area contributed by atoms with Crippen molar-refractivity contribution in [3.63, 3.8) is 0 Å². The fourth-order valence-corrected chi connectivity index (χ4v) is 2.14. The molecule has 0 aliphatic carbocycles. The van der Waals surface area contributed by atoms with Gasteiger partial charge < -0.3 is 15.8 Å². The van der Waals surface area contributed by atoms with Crippen molar-refractivity contribution in [1.29, 1.82) is 0 Å². The van der Waals surface area contributed by atoms with Gasteiger partial charge in [0.05, 0.1) is 10.7 Å². The summed E-state index contributed by atoms with van der Waals surface area (Å²) >= 11 is 5.87. The molecule has 0 bridgehead atoms. The van der Waals surface area contributed by atoms with Crippen LogP contribution in [0, 0.1) is 6.92 Å². The van der Waals surface area contributed by atoms with E-state index in [2.05, 4.69) is 5.32 Å². The number of anilines is 2. The third kappa shape index (κ3) is 4.15. The molecule has 2 rings (SSSR count). The average molecular weight is 319 g/mol. The molecule has 2 aromatic rings. The van der Waals surface area contributed by atoms with Gasteiger partial charge in [0, 0.05) is 5.69 Å². The molecule has 1 atom stereocenters. The summed E-state index contributed by atoms with van der Waals surface area (Å²) in [7, 11) is 0. The second-order valence-electron chi connectivity index (χ2n) is 5.06. The number of nitrogens with two attached hydrogens (primary N) is 1. The van der Waals surface area contributed by atoms with Gasteiger partial charge in [-0.15, -0.1) is 0 Å². The number of aryl methyl sites for hydroxylation is 1. The van der Waals surface area contributed by atoms with Gasteiger partial charge in [-0.25, -0.2) is 0 Å². The lowest BCUT2D eigenvalue weighted by Gasteiger charge is -2.18. The lowest BCUT2D eigenvalue weighted by atomic mass is 10.2. The van der Waals surface area contributed by atoms with E-state index in [9.17, 15) is 4.79 Å². The van der Waals surface area contributed by atoms with Crippen LogP contribution in [0.3, 0.4) is 0 Å². The van der Waals surface area contributed by atoms with Gasteiger partial charge >= 0.3 is 0 Å². The van der Waals surface area contributed by atoms with Crippen molar-refractivity contribution < 1.29 is 9.53 Å². The van der Waals surface area contributed by atoms with Crippen molar-refractivity contribution in [3.8, 4) is 5.75 Å². The van der Waals surface area contributed by atoms with E-state index in [4.69, 9.17) is 22.1 Å². The van der Waals surface area contributed by atoms with Crippen LogP contribution in [0.5, 0.6) is 5.75 Å². The zero-order chi connectivity index (χ0) is 16.1. The maximum atomic E-state index is 12.3. The highest BCUT2D eigenvalue weighted by Gasteiger charge is 2.18. The molecule has 1 amide bonds. The van der Waals surface area contributed by atoms with Crippen molar-refractivity contribution in [2.45, 2.75) is 26.4 Å². The minimum Gasteiger partial charge on any atom is -0.481 e. The SMILES string of the molecule is CC[C@@H](Oc1cccc(C)c1)C(=O)Nc1ccc(Cl)c(N)c1. The highest BCUT2D eigenvalue weighted by Crippen LogP contribution is 2.23. The van der Waals surface area contributed by atoms with Gasteiger partial charge in [-0.2, -0.15) is 0 Å². The van der Waals surface area contributed by atoms with Crippen LogP contribution in [0.25, 0.3) is 0 Å². The van der Waals surface area contributed by atoms with Crippen molar-refractivity contribution in [1.82, 2.24) is 0 Å². The van der Waals surface area contributed by atoms with E-state index in [0.717, 1.165) is 5.56 Å². The lowest BCUT2D eigenvalue weighted by molar-refractivity contribution is -0.122. The summed E-state index contributed by atoms with van der Waals surface area (Å²) in [5.41, 5.74) is 7.83. The molecule has 0 aromatic heterocycles. The lowest BCUT2D eigenvalue weighted by Crippen LogP contribution is -2.32. The van der Waals surface area contributed by atoms with Crippen LogP contribution in [0.15, 0.2) is 42.5 Å². The number of nitrogens with one attached hydrogen (secondary N) is 1. The van der Waals surface area contributed by atoms with Crippen molar-refractivity contribution in [2.24, 2.45) is 0 Å². The number of carbonyl (C=O) groups is 1. The molecule has 0 unspecified atom stereocenters. The highest BCUT2D eigenvalue weighted by molar-refractivity contribution is 6.33. The molecule has 0 radical (unpaired) electrons. The van der Waals surface area contributed by atoms with Crippen LogP contribution in [0.1, 0.15) is 18.9 Å². The maximum absolute atomic E-state index is 12.3. The van der Waals surface area contributed by atoms with E-state index >= 15 is 0 Å². The van der Waals surface area contributed by atoms with Crippen molar-refractivity contribution in [2.75, 3.05) is 11.1 Å². The maximum Gasteiger partial charge on any atom is 0.265 e. The van der Waals surface area contributed by atoms with Crippen LogP contribution in [0.2, 0.25) is 5.02 Å². The predicted molar refractivity (Wildman–Crippen MR) is 90.4 cm³/mol. The number of nitrogen functional groups attached to an aromatic ring is 1. The molecular weight excluding hydrogens is 300 g/mol. The number of hydrogen-bond acceptors (Lipinski definition) is 3. The predicted octanol–water partition coefficient (Wildman–Crippen LogP) is 4.03. The van der Waals surface area contributed by atoms with Gasteiger partial charge in [0.1, 0.15) is 5.75 Å². The van der Waals surface area contributed by atoms with Gasteiger partial charge in [-0.05, 0) is 49.2 Å². The molecule has 116 valence electrons. The Bertz CT molecular complexity index is 673. The Morgan fingerprint density at radius 3 is 2.73 bits per heavy atom. The molecule has 0 spiro atoms. The van der Waals surface area contributed by atoms with E-state index in [1.54, 1.807) is 18.2 Å². The summed E-state index contributed by atoms with van der Waals surface area (Å²) in [4.78, 5) is 12.3. The second-order valence-corrected chi connectivity index (χ2v) is 5.46. The van der Waals surface area contributed by atoms with Crippen LogP contribution in [-0.4, -0.2) is 12.0 Å². The Hall–Kier alpha value is -2.20. The smallest absolute Gasteiger partial charge is 0.265 e. The Balaban J connectivity index is 2.06. The van der Waals surface area contributed by atoms with E-state index in [1.807, 2.05) is 38.1 Å². The van der Waals surface area contributed by atoms with Crippen LogP contribution >= 0.6 is 11.6 Å². The summed E-state index contributed by atoms with van der Waals surface area (Å²) in [5, 5.41) is 3.25. The average Bonchev–Trinajstić information content (AvgIpc) is 2.48. The van der Waals surface area contributed by atoms with Crippen molar-refractivity contribution in [3.05, 3.63) is 53.1 Å². The quantitative estimate of drug-likeness (QED) is 0.818. The molecule has 0 saturated carbocycles. The molecule has 0 aliphatic heterocycles. The number of carbonyl (C=O) groups excluding carboxylic acids is 1. The number of ether oxygens (including phenoxy) is 1. The summed E-state index contributed by atoms with van der Waals surface area (Å²) in [6.07, 6.45) is -0.0123. The molecule has 5 heteroatoms. The molecule has 3 N–H and O–H groups in total. The first-order valence-electron chi connectivity index (χ1n) is 7.09. The Morgan fingerprint density at radius 1 is 1.32 bits per heavy atom. The van der Waals surface area contributed by atoms with E-state index in [-0.39, 0.29) is 5.91 Å². The molecule has 0 saturated heterocycles. The zero-order valence-corrected chi connectivity index (χ0v) is 13.4. The number of amides is 1. The third-order valence-electron chi connectivity index (χ3n) is 3.19. The Kier molecular flexibility index (Phi) is 5.28. The van der Waals surface area contributed by atoms with Gasteiger partial charge in [0.2, 0.25) is 0 Å². The molecule has 0 fully saturated rings. The largest absolute Gasteiger partial charge is 0.481 e. The molecular formula is C17H19ClN2O2. The number of halogens is 1. The number of hydrogen-bond donors (Lipinski definition) is 2. The van der Waals surface area contributed by atoms with Crippen LogP contribution in [0.4, 0.5) is 11.4 Å². The number of rotatable bonds is 5. The van der Waals surface area contributed by atoms with Crippen molar-refractivity contribution >= 4 is 28.9 Å². The summed E-state index contributed by atoms with van der Waals surface area (Å²) in [5.74, 6) is 0.461. The van der Waals surface area contributed by atoms with E-state index < -0.39 is 6.10 Å². The molecule has 0 heterocycles. The monoisotopic (exact) mass is 318 g/mol. The minimum absolute atomic E-state index is 0.217. The molecule has 4 nitrogen and oxygen atoms in total.